The number of hydrogen-bond donors (Lipinski definition) is 2. The van der Waals surface area contributed by atoms with Crippen LogP contribution in [0.15, 0.2) is 35.4 Å². The Morgan fingerprint density at radius 3 is 2.74 bits per heavy atom. The Morgan fingerprint density at radius 1 is 1.32 bits per heavy atom. The molecule has 0 bridgehead atoms. The van der Waals surface area contributed by atoms with Crippen molar-refractivity contribution in [2.75, 3.05) is 6.54 Å². The molecule has 0 amide bonds. The van der Waals surface area contributed by atoms with E-state index in [9.17, 15) is 8.42 Å². The van der Waals surface area contributed by atoms with E-state index < -0.39 is 10.0 Å². The number of benzene rings is 1. The van der Waals surface area contributed by atoms with Crippen LogP contribution in [0.25, 0.3) is 0 Å². The summed E-state index contributed by atoms with van der Waals surface area (Å²) in [7, 11) is -3.47. The number of aromatic amines is 1. The Balaban J connectivity index is 1.98. The number of nitrogens with zero attached hydrogens (tertiary/aromatic N) is 1. The predicted molar refractivity (Wildman–Crippen MR) is 73.4 cm³/mol. The molecule has 0 aliphatic carbocycles. The van der Waals surface area contributed by atoms with Gasteiger partial charge in [-0.15, -0.1) is 0 Å². The van der Waals surface area contributed by atoms with E-state index in [0.29, 0.717) is 18.7 Å². The molecule has 0 aliphatic rings. The summed E-state index contributed by atoms with van der Waals surface area (Å²) >= 11 is 0. The zero-order valence-corrected chi connectivity index (χ0v) is 11.8. The van der Waals surface area contributed by atoms with Crippen molar-refractivity contribution < 1.29 is 8.42 Å². The van der Waals surface area contributed by atoms with Crippen LogP contribution in [-0.4, -0.2) is 25.2 Å². The van der Waals surface area contributed by atoms with Gasteiger partial charge in [-0.25, -0.2) is 13.1 Å². The minimum atomic E-state index is -3.47. The topological polar surface area (TPSA) is 74.8 Å². The van der Waals surface area contributed by atoms with Crippen LogP contribution in [0.4, 0.5) is 0 Å². The molecule has 2 aromatic rings. The molecule has 0 saturated heterocycles. The number of hydrogen-bond acceptors (Lipinski definition) is 3. The molecule has 1 aromatic carbocycles. The minimum Gasteiger partial charge on any atom is -0.281 e. The predicted octanol–water partition coefficient (Wildman–Crippen LogP) is 1.55. The summed E-state index contributed by atoms with van der Waals surface area (Å²) < 4.78 is 26.6. The summed E-state index contributed by atoms with van der Waals surface area (Å²) in [5.74, 6) is 0. The quantitative estimate of drug-likeness (QED) is 0.872. The summed E-state index contributed by atoms with van der Waals surface area (Å²) in [6.45, 7) is 4.07. The summed E-state index contributed by atoms with van der Waals surface area (Å²) in [5, 5.41) is 6.34. The number of sulfonamides is 1. The molecule has 0 atom stereocenters. The van der Waals surface area contributed by atoms with Crippen molar-refractivity contribution in [2.24, 2.45) is 0 Å². The molecule has 0 unspecified atom stereocenters. The standard InChI is InChI=1S/C13H17N3O2S/c1-10-4-3-5-12(8-10)6-7-15-19(17,18)13-9-14-16-11(13)2/h3-5,8-9,15H,6-7H2,1-2H3,(H,14,16). The van der Waals surface area contributed by atoms with Crippen molar-refractivity contribution in [3.8, 4) is 0 Å². The van der Waals surface area contributed by atoms with Crippen molar-refractivity contribution in [2.45, 2.75) is 25.2 Å². The van der Waals surface area contributed by atoms with Gasteiger partial charge in [0, 0.05) is 6.54 Å². The second kappa shape index (κ2) is 5.54. The van der Waals surface area contributed by atoms with Gasteiger partial charge < -0.3 is 0 Å². The van der Waals surface area contributed by atoms with Gasteiger partial charge in [0.05, 0.1) is 11.9 Å². The summed E-state index contributed by atoms with van der Waals surface area (Å²) in [4.78, 5) is 0.205. The first-order valence-corrected chi connectivity index (χ1v) is 7.52. The Bertz CT molecular complexity index is 662. The zero-order chi connectivity index (χ0) is 13.9. The van der Waals surface area contributed by atoms with Gasteiger partial charge in [-0.2, -0.15) is 5.10 Å². The van der Waals surface area contributed by atoms with E-state index in [1.54, 1.807) is 6.92 Å². The highest BCUT2D eigenvalue weighted by atomic mass is 32.2. The summed E-state index contributed by atoms with van der Waals surface area (Å²) in [6.07, 6.45) is 1.99. The van der Waals surface area contributed by atoms with E-state index in [4.69, 9.17) is 0 Å². The molecular formula is C13H17N3O2S. The molecule has 2 N–H and O–H groups in total. The van der Waals surface area contributed by atoms with Crippen LogP contribution in [0.1, 0.15) is 16.8 Å². The molecular weight excluding hydrogens is 262 g/mol. The maximum Gasteiger partial charge on any atom is 0.243 e. The van der Waals surface area contributed by atoms with Crippen LogP contribution >= 0.6 is 0 Å². The first-order chi connectivity index (χ1) is 8.99. The fraction of sp³-hybridized carbons (Fsp3) is 0.308. The largest absolute Gasteiger partial charge is 0.281 e. The zero-order valence-electron chi connectivity index (χ0n) is 11.0. The molecule has 102 valence electrons. The van der Waals surface area contributed by atoms with Crippen molar-refractivity contribution in [3.63, 3.8) is 0 Å². The average molecular weight is 279 g/mol. The van der Waals surface area contributed by atoms with Crippen molar-refractivity contribution in [1.29, 1.82) is 0 Å². The Morgan fingerprint density at radius 2 is 2.11 bits per heavy atom. The molecule has 0 radical (unpaired) electrons. The fourth-order valence-corrected chi connectivity index (χ4v) is 3.05. The van der Waals surface area contributed by atoms with Crippen LogP contribution in [0.5, 0.6) is 0 Å². The molecule has 5 nitrogen and oxygen atoms in total. The number of aromatic nitrogens is 2. The first kappa shape index (κ1) is 13.8. The number of aryl methyl sites for hydroxylation is 2. The van der Waals surface area contributed by atoms with Gasteiger partial charge in [0.25, 0.3) is 0 Å². The molecule has 19 heavy (non-hydrogen) atoms. The number of H-pyrrole nitrogens is 1. The van der Waals surface area contributed by atoms with E-state index in [-0.39, 0.29) is 4.90 Å². The number of nitrogens with one attached hydrogen (secondary N) is 2. The second-order valence-electron chi connectivity index (χ2n) is 4.50. The third-order valence-electron chi connectivity index (χ3n) is 2.86. The van der Waals surface area contributed by atoms with Gasteiger partial charge in [0.1, 0.15) is 4.90 Å². The highest BCUT2D eigenvalue weighted by Gasteiger charge is 2.17. The molecule has 1 aromatic heterocycles. The molecule has 0 saturated carbocycles. The van der Waals surface area contributed by atoms with Gasteiger partial charge in [0.15, 0.2) is 0 Å². The van der Waals surface area contributed by atoms with Crippen molar-refractivity contribution in [3.05, 3.63) is 47.3 Å². The third-order valence-corrected chi connectivity index (χ3v) is 4.44. The Kier molecular flexibility index (Phi) is 4.01. The molecule has 0 spiro atoms. The molecule has 0 aliphatic heterocycles. The molecule has 6 heteroatoms. The van der Waals surface area contributed by atoms with Crippen LogP contribution < -0.4 is 4.72 Å². The highest BCUT2D eigenvalue weighted by molar-refractivity contribution is 7.89. The van der Waals surface area contributed by atoms with E-state index in [2.05, 4.69) is 21.0 Å². The lowest BCUT2D eigenvalue weighted by Crippen LogP contribution is -2.26. The van der Waals surface area contributed by atoms with Crippen molar-refractivity contribution in [1.82, 2.24) is 14.9 Å². The van der Waals surface area contributed by atoms with E-state index in [0.717, 1.165) is 5.56 Å². The Labute approximate surface area is 113 Å². The lowest BCUT2D eigenvalue weighted by molar-refractivity contribution is 0.581. The Hall–Kier alpha value is -1.66. The maximum absolute atomic E-state index is 12.0. The van der Waals surface area contributed by atoms with Crippen LogP contribution in [0.3, 0.4) is 0 Å². The SMILES string of the molecule is Cc1cccc(CCNS(=O)(=O)c2cn[nH]c2C)c1. The van der Waals surface area contributed by atoms with Gasteiger partial charge in [-0.3, -0.25) is 5.10 Å². The third kappa shape index (κ3) is 3.42. The smallest absolute Gasteiger partial charge is 0.243 e. The van der Waals surface area contributed by atoms with Crippen LogP contribution in [0.2, 0.25) is 0 Å². The molecule has 2 rings (SSSR count). The minimum absolute atomic E-state index is 0.205. The van der Waals surface area contributed by atoms with Crippen LogP contribution in [-0.2, 0) is 16.4 Å². The summed E-state index contributed by atoms with van der Waals surface area (Å²) in [5.41, 5.74) is 2.83. The fourth-order valence-electron chi connectivity index (χ4n) is 1.89. The van der Waals surface area contributed by atoms with E-state index >= 15 is 0 Å². The lowest BCUT2D eigenvalue weighted by atomic mass is 10.1. The van der Waals surface area contributed by atoms with Crippen molar-refractivity contribution >= 4 is 10.0 Å². The van der Waals surface area contributed by atoms with Gasteiger partial charge >= 0.3 is 0 Å². The number of rotatable bonds is 5. The molecule has 0 fully saturated rings. The van der Waals surface area contributed by atoms with E-state index in [1.807, 2.05) is 25.1 Å². The normalized spacial score (nSPS) is 11.7. The first-order valence-electron chi connectivity index (χ1n) is 6.04. The van der Waals surface area contributed by atoms with E-state index in [1.165, 1.54) is 11.8 Å². The molecule has 1 heterocycles. The second-order valence-corrected chi connectivity index (χ2v) is 6.23. The lowest BCUT2D eigenvalue weighted by Gasteiger charge is -2.06. The summed E-state index contributed by atoms with van der Waals surface area (Å²) in [6, 6.07) is 8.03. The van der Waals surface area contributed by atoms with Gasteiger partial charge in [-0.1, -0.05) is 29.8 Å². The average Bonchev–Trinajstić information content (AvgIpc) is 2.76. The van der Waals surface area contributed by atoms with Gasteiger partial charge in [-0.05, 0) is 25.8 Å². The maximum atomic E-state index is 12.0. The van der Waals surface area contributed by atoms with Gasteiger partial charge in [0.2, 0.25) is 10.0 Å². The highest BCUT2D eigenvalue weighted by Crippen LogP contribution is 2.11. The van der Waals surface area contributed by atoms with Crippen LogP contribution in [0, 0.1) is 13.8 Å². The monoisotopic (exact) mass is 279 g/mol.